The lowest BCUT2D eigenvalue weighted by Crippen LogP contribution is -2.34. The Morgan fingerprint density at radius 2 is 2.29 bits per heavy atom. The highest BCUT2D eigenvalue weighted by molar-refractivity contribution is 6.30. The van der Waals surface area contributed by atoms with Crippen LogP contribution in [0.3, 0.4) is 0 Å². The van der Waals surface area contributed by atoms with Crippen molar-refractivity contribution in [3.8, 4) is 0 Å². The molecule has 128 valence electrons. The molecule has 2 aromatic rings. The van der Waals surface area contributed by atoms with Gasteiger partial charge in [0.2, 0.25) is 0 Å². The zero-order valence-electron chi connectivity index (χ0n) is 13.9. The van der Waals surface area contributed by atoms with Crippen molar-refractivity contribution in [1.29, 1.82) is 0 Å². The minimum atomic E-state index is -0.194. The molecule has 24 heavy (non-hydrogen) atoms. The molecule has 3 rings (SSSR count). The molecule has 1 atom stereocenters. The first-order valence-corrected chi connectivity index (χ1v) is 8.43. The van der Waals surface area contributed by atoms with E-state index in [1.165, 1.54) is 11.3 Å². The van der Waals surface area contributed by atoms with E-state index in [0.29, 0.717) is 18.2 Å². The molecule has 1 unspecified atom stereocenters. The number of benzene rings is 1. The van der Waals surface area contributed by atoms with Crippen molar-refractivity contribution in [3.63, 3.8) is 0 Å². The first-order valence-electron chi connectivity index (χ1n) is 8.06. The number of halogens is 1. The van der Waals surface area contributed by atoms with E-state index < -0.39 is 0 Å². The summed E-state index contributed by atoms with van der Waals surface area (Å²) in [6.45, 7) is 4.66. The Bertz CT molecular complexity index is 730. The zero-order chi connectivity index (χ0) is 17.1. The summed E-state index contributed by atoms with van der Waals surface area (Å²) in [4.78, 5) is 14.3. The van der Waals surface area contributed by atoms with E-state index in [9.17, 15) is 4.79 Å². The van der Waals surface area contributed by atoms with Gasteiger partial charge in [-0.2, -0.15) is 5.10 Å². The van der Waals surface area contributed by atoms with Crippen LogP contribution in [0.4, 0.5) is 16.2 Å². The fourth-order valence-electron chi connectivity index (χ4n) is 3.04. The van der Waals surface area contributed by atoms with Crippen LogP contribution >= 0.6 is 11.6 Å². The molecule has 2 amide bonds. The summed E-state index contributed by atoms with van der Waals surface area (Å²) in [5.41, 5.74) is 3.10. The van der Waals surface area contributed by atoms with Crippen LogP contribution < -0.4 is 15.5 Å². The Morgan fingerprint density at radius 1 is 1.46 bits per heavy atom. The van der Waals surface area contributed by atoms with E-state index in [1.807, 2.05) is 25.2 Å². The minimum Gasteiger partial charge on any atom is -0.371 e. The smallest absolute Gasteiger partial charge is 0.319 e. The van der Waals surface area contributed by atoms with Gasteiger partial charge in [0, 0.05) is 43.6 Å². The predicted molar refractivity (Wildman–Crippen MR) is 96.7 cm³/mol. The third-order valence-corrected chi connectivity index (χ3v) is 4.55. The third-order valence-electron chi connectivity index (χ3n) is 4.31. The Hall–Kier alpha value is -2.21. The van der Waals surface area contributed by atoms with Crippen molar-refractivity contribution in [2.75, 3.05) is 29.9 Å². The summed E-state index contributed by atoms with van der Waals surface area (Å²) in [6, 6.07) is 5.78. The van der Waals surface area contributed by atoms with Gasteiger partial charge in [-0.15, -0.1) is 0 Å². The molecule has 1 saturated heterocycles. The Kier molecular flexibility index (Phi) is 4.94. The van der Waals surface area contributed by atoms with Gasteiger partial charge in [0.05, 0.1) is 11.9 Å². The number of hydrogen-bond donors (Lipinski definition) is 2. The van der Waals surface area contributed by atoms with Gasteiger partial charge in [0.1, 0.15) is 0 Å². The van der Waals surface area contributed by atoms with Crippen LogP contribution in [-0.2, 0) is 7.05 Å². The van der Waals surface area contributed by atoms with Crippen LogP contribution in [0.2, 0.25) is 5.02 Å². The lowest BCUT2D eigenvalue weighted by Gasteiger charge is -2.21. The number of nitrogens with zero attached hydrogens (tertiary/aromatic N) is 3. The number of amides is 2. The van der Waals surface area contributed by atoms with Gasteiger partial charge in [-0.1, -0.05) is 17.7 Å². The second-order valence-corrected chi connectivity index (χ2v) is 6.71. The minimum absolute atomic E-state index is 0.194. The first kappa shape index (κ1) is 16.6. The molecule has 2 heterocycles. The molecule has 1 aromatic carbocycles. The highest BCUT2D eigenvalue weighted by atomic mass is 35.5. The standard InChI is InChI=1S/C17H22ClN5O/c1-12-3-4-14(18)7-16(12)23-6-5-13(10-23)8-19-17(24)21-15-9-20-22(2)11-15/h3-4,7,9,11,13H,5-6,8,10H2,1-2H3,(H2,19,21,24). The molecule has 1 aromatic heterocycles. The quantitative estimate of drug-likeness (QED) is 0.893. The lowest BCUT2D eigenvalue weighted by atomic mass is 10.1. The molecule has 0 bridgehead atoms. The topological polar surface area (TPSA) is 62.2 Å². The van der Waals surface area contributed by atoms with Crippen LogP contribution in [-0.4, -0.2) is 35.4 Å². The largest absolute Gasteiger partial charge is 0.371 e. The maximum absolute atomic E-state index is 11.9. The second kappa shape index (κ2) is 7.13. The van der Waals surface area contributed by atoms with Crippen molar-refractivity contribution < 1.29 is 4.79 Å². The van der Waals surface area contributed by atoms with E-state index >= 15 is 0 Å². The molecule has 2 N–H and O–H groups in total. The summed E-state index contributed by atoms with van der Waals surface area (Å²) < 4.78 is 1.65. The number of carbonyl (C=O) groups excluding carboxylic acids is 1. The van der Waals surface area contributed by atoms with E-state index in [-0.39, 0.29) is 6.03 Å². The number of aromatic nitrogens is 2. The molecule has 0 saturated carbocycles. The van der Waals surface area contributed by atoms with Crippen molar-refractivity contribution in [1.82, 2.24) is 15.1 Å². The van der Waals surface area contributed by atoms with Crippen LogP contribution in [0.1, 0.15) is 12.0 Å². The van der Waals surface area contributed by atoms with E-state index in [0.717, 1.165) is 24.5 Å². The Labute approximate surface area is 146 Å². The van der Waals surface area contributed by atoms with Crippen LogP contribution in [0.15, 0.2) is 30.6 Å². The number of aryl methyl sites for hydroxylation is 2. The van der Waals surface area contributed by atoms with E-state index in [2.05, 4.69) is 27.6 Å². The van der Waals surface area contributed by atoms with Gasteiger partial charge < -0.3 is 15.5 Å². The zero-order valence-corrected chi connectivity index (χ0v) is 14.7. The average molecular weight is 348 g/mol. The van der Waals surface area contributed by atoms with Gasteiger partial charge in [0.15, 0.2) is 0 Å². The highest BCUT2D eigenvalue weighted by Gasteiger charge is 2.24. The van der Waals surface area contributed by atoms with E-state index in [4.69, 9.17) is 11.6 Å². The van der Waals surface area contributed by atoms with Gasteiger partial charge in [-0.25, -0.2) is 4.79 Å². The molecule has 7 heteroatoms. The lowest BCUT2D eigenvalue weighted by molar-refractivity contribution is 0.250. The number of rotatable bonds is 4. The SMILES string of the molecule is Cc1ccc(Cl)cc1N1CCC(CNC(=O)Nc2cnn(C)c2)C1. The van der Waals surface area contributed by atoms with Crippen molar-refractivity contribution in [2.45, 2.75) is 13.3 Å². The van der Waals surface area contributed by atoms with Crippen molar-refractivity contribution in [3.05, 3.63) is 41.2 Å². The number of carbonyl (C=O) groups is 1. The fourth-order valence-corrected chi connectivity index (χ4v) is 3.21. The fraction of sp³-hybridized carbons (Fsp3) is 0.412. The number of anilines is 2. The molecule has 1 aliphatic rings. The molecule has 6 nitrogen and oxygen atoms in total. The highest BCUT2D eigenvalue weighted by Crippen LogP contribution is 2.29. The Balaban J connectivity index is 1.49. The van der Waals surface area contributed by atoms with Crippen LogP contribution in [0, 0.1) is 12.8 Å². The summed E-state index contributed by atoms with van der Waals surface area (Å²) >= 11 is 6.11. The summed E-state index contributed by atoms with van der Waals surface area (Å²) in [5.74, 6) is 0.433. The van der Waals surface area contributed by atoms with Crippen LogP contribution in [0.25, 0.3) is 0 Å². The van der Waals surface area contributed by atoms with Crippen molar-refractivity contribution in [2.24, 2.45) is 13.0 Å². The summed E-state index contributed by atoms with van der Waals surface area (Å²) in [7, 11) is 1.81. The van der Waals surface area contributed by atoms with Crippen LogP contribution in [0.5, 0.6) is 0 Å². The summed E-state index contributed by atoms with van der Waals surface area (Å²) in [6.07, 6.45) is 4.44. The van der Waals surface area contributed by atoms with E-state index in [1.54, 1.807) is 17.1 Å². The molecule has 0 radical (unpaired) electrons. The maximum Gasteiger partial charge on any atom is 0.319 e. The van der Waals surface area contributed by atoms with Gasteiger partial charge in [-0.05, 0) is 37.0 Å². The van der Waals surface area contributed by atoms with Crippen molar-refractivity contribution >= 4 is 29.0 Å². The Morgan fingerprint density at radius 3 is 3.04 bits per heavy atom. The molecular weight excluding hydrogens is 326 g/mol. The van der Waals surface area contributed by atoms with Gasteiger partial charge in [-0.3, -0.25) is 4.68 Å². The molecule has 0 spiro atoms. The average Bonchev–Trinajstić information content (AvgIpc) is 3.17. The molecule has 1 fully saturated rings. The third kappa shape index (κ3) is 4.00. The van der Waals surface area contributed by atoms with Gasteiger partial charge >= 0.3 is 6.03 Å². The monoisotopic (exact) mass is 347 g/mol. The van der Waals surface area contributed by atoms with Gasteiger partial charge in [0.25, 0.3) is 0 Å². The number of hydrogen-bond acceptors (Lipinski definition) is 3. The normalized spacial score (nSPS) is 17.1. The molecular formula is C17H22ClN5O. The number of nitrogens with one attached hydrogen (secondary N) is 2. The first-order chi connectivity index (χ1) is 11.5. The predicted octanol–water partition coefficient (Wildman–Crippen LogP) is 3.03. The maximum atomic E-state index is 11.9. The molecule has 1 aliphatic heterocycles. The summed E-state index contributed by atoms with van der Waals surface area (Å²) in [5, 5.41) is 10.5. The second-order valence-electron chi connectivity index (χ2n) is 6.27. The number of urea groups is 1. The molecule has 0 aliphatic carbocycles.